The summed E-state index contributed by atoms with van der Waals surface area (Å²) in [4.78, 5) is 20.0. The van der Waals surface area contributed by atoms with Gasteiger partial charge in [-0.25, -0.2) is 14.8 Å². The zero-order valence-corrected chi connectivity index (χ0v) is 12.4. The average Bonchev–Trinajstić information content (AvgIpc) is 3.08. The minimum atomic E-state index is -0.980. The van der Waals surface area contributed by atoms with E-state index in [1.54, 1.807) is 6.07 Å². The number of imidazole rings is 1. The summed E-state index contributed by atoms with van der Waals surface area (Å²) in [6.45, 7) is 0. The number of rotatable bonds is 3. The summed E-state index contributed by atoms with van der Waals surface area (Å²) in [5, 5.41) is 9.03. The van der Waals surface area contributed by atoms with Gasteiger partial charge >= 0.3 is 5.97 Å². The lowest BCUT2D eigenvalue weighted by molar-refractivity contribution is 0.0697. The third kappa shape index (κ3) is 2.24. The molecule has 0 aliphatic rings. The van der Waals surface area contributed by atoms with E-state index >= 15 is 0 Å². The maximum atomic E-state index is 11.0. The Bertz CT molecular complexity index is 1050. The Hall–Kier alpha value is -3.15. The van der Waals surface area contributed by atoms with Crippen molar-refractivity contribution in [2.45, 2.75) is 6.42 Å². The zero-order chi connectivity index (χ0) is 16.0. The number of aromatic carboxylic acids is 1. The largest absolute Gasteiger partial charge is 0.478 e. The summed E-state index contributed by atoms with van der Waals surface area (Å²) in [6.07, 6.45) is 0.447. The Morgan fingerprint density at radius 3 is 2.78 bits per heavy atom. The van der Waals surface area contributed by atoms with Gasteiger partial charge in [0.05, 0.1) is 23.0 Å². The highest BCUT2D eigenvalue weighted by Crippen LogP contribution is 2.21. The third-order valence-corrected chi connectivity index (χ3v) is 3.87. The molecule has 0 aliphatic carbocycles. The van der Waals surface area contributed by atoms with E-state index < -0.39 is 5.97 Å². The van der Waals surface area contributed by atoms with E-state index in [-0.39, 0.29) is 5.56 Å². The number of carbonyl (C=O) groups is 1. The molecule has 4 aromatic rings. The fourth-order valence-corrected chi connectivity index (χ4v) is 2.67. The lowest BCUT2D eigenvalue weighted by Crippen LogP contribution is -1.99. The van der Waals surface area contributed by atoms with Crippen molar-refractivity contribution in [1.29, 1.82) is 0 Å². The normalized spacial score (nSPS) is 11.3. The van der Waals surface area contributed by atoms with E-state index in [1.807, 2.05) is 35.9 Å². The molecular formula is C17H13N3O3. The molecule has 23 heavy (non-hydrogen) atoms. The number of carboxylic acid groups (broad SMARTS) is 1. The smallest absolute Gasteiger partial charge is 0.335 e. The highest BCUT2D eigenvalue weighted by atomic mass is 16.4. The van der Waals surface area contributed by atoms with Gasteiger partial charge in [-0.3, -0.25) is 0 Å². The van der Waals surface area contributed by atoms with Crippen molar-refractivity contribution in [3.8, 4) is 0 Å². The molecule has 0 unspecified atom stereocenters. The van der Waals surface area contributed by atoms with E-state index in [1.165, 1.54) is 12.1 Å². The molecule has 2 aromatic carbocycles. The molecule has 0 fully saturated rings. The molecule has 0 bridgehead atoms. The molecule has 2 aromatic heterocycles. The average molecular weight is 307 g/mol. The van der Waals surface area contributed by atoms with Crippen LogP contribution >= 0.6 is 0 Å². The van der Waals surface area contributed by atoms with E-state index in [9.17, 15) is 4.79 Å². The van der Waals surface area contributed by atoms with Gasteiger partial charge in [-0.1, -0.05) is 12.1 Å². The summed E-state index contributed by atoms with van der Waals surface area (Å²) in [5.41, 5.74) is 3.28. The molecule has 6 nitrogen and oxygen atoms in total. The van der Waals surface area contributed by atoms with E-state index in [0.717, 1.165) is 16.9 Å². The maximum absolute atomic E-state index is 11.0. The minimum absolute atomic E-state index is 0.195. The quantitative estimate of drug-likeness (QED) is 0.629. The first-order valence-corrected chi connectivity index (χ1v) is 7.15. The first-order valence-electron chi connectivity index (χ1n) is 7.15. The molecule has 1 N–H and O–H groups in total. The maximum Gasteiger partial charge on any atom is 0.335 e. The summed E-state index contributed by atoms with van der Waals surface area (Å²) < 4.78 is 7.71. The van der Waals surface area contributed by atoms with Gasteiger partial charge in [0.25, 0.3) is 0 Å². The van der Waals surface area contributed by atoms with Gasteiger partial charge < -0.3 is 14.1 Å². The van der Waals surface area contributed by atoms with Gasteiger partial charge in [0, 0.05) is 7.05 Å². The number of benzene rings is 2. The molecule has 0 saturated carbocycles. The van der Waals surface area contributed by atoms with Crippen LogP contribution in [0.4, 0.5) is 0 Å². The van der Waals surface area contributed by atoms with E-state index in [0.29, 0.717) is 23.4 Å². The highest BCUT2D eigenvalue weighted by Gasteiger charge is 2.13. The van der Waals surface area contributed by atoms with Crippen molar-refractivity contribution in [3.05, 3.63) is 59.7 Å². The van der Waals surface area contributed by atoms with Crippen molar-refractivity contribution >= 4 is 28.1 Å². The SMILES string of the molecule is Cn1c(Cc2nc3cc(C(=O)O)ccc3o2)nc2ccccc21. The predicted octanol–water partition coefficient (Wildman–Crippen LogP) is 3.00. The van der Waals surface area contributed by atoms with Gasteiger partial charge in [0.2, 0.25) is 5.89 Å². The molecule has 0 saturated heterocycles. The lowest BCUT2D eigenvalue weighted by atomic mass is 10.2. The molecular weight excluding hydrogens is 294 g/mol. The Morgan fingerprint density at radius 2 is 2.00 bits per heavy atom. The monoisotopic (exact) mass is 307 g/mol. The van der Waals surface area contributed by atoms with Crippen molar-refractivity contribution in [1.82, 2.24) is 14.5 Å². The summed E-state index contributed by atoms with van der Waals surface area (Å²) in [5.74, 6) is 0.379. The summed E-state index contributed by atoms with van der Waals surface area (Å²) in [7, 11) is 1.95. The molecule has 0 radical (unpaired) electrons. The second-order valence-corrected chi connectivity index (χ2v) is 5.35. The molecule has 0 atom stereocenters. The molecule has 0 amide bonds. The van der Waals surface area contributed by atoms with Crippen LogP contribution < -0.4 is 0 Å². The van der Waals surface area contributed by atoms with Crippen LogP contribution in [-0.4, -0.2) is 25.6 Å². The van der Waals surface area contributed by atoms with Gasteiger partial charge in [-0.05, 0) is 30.3 Å². The van der Waals surface area contributed by atoms with Crippen LogP contribution in [0.25, 0.3) is 22.1 Å². The fourth-order valence-electron chi connectivity index (χ4n) is 2.67. The van der Waals surface area contributed by atoms with Crippen LogP contribution in [0, 0.1) is 0 Å². The summed E-state index contributed by atoms with van der Waals surface area (Å²) in [6, 6.07) is 12.5. The van der Waals surface area contributed by atoms with Gasteiger partial charge in [0.15, 0.2) is 5.58 Å². The Morgan fingerprint density at radius 1 is 1.17 bits per heavy atom. The molecule has 4 rings (SSSR count). The fraction of sp³-hybridized carbons (Fsp3) is 0.118. The first kappa shape index (κ1) is 13.5. The van der Waals surface area contributed by atoms with Gasteiger partial charge in [-0.15, -0.1) is 0 Å². The lowest BCUT2D eigenvalue weighted by Gasteiger charge is -1.98. The second kappa shape index (κ2) is 4.95. The van der Waals surface area contributed by atoms with E-state index in [4.69, 9.17) is 9.52 Å². The molecule has 2 heterocycles. The predicted molar refractivity (Wildman–Crippen MR) is 84.5 cm³/mol. The molecule has 0 aliphatic heterocycles. The number of hydrogen-bond acceptors (Lipinski definition) is 4. The van der Waals surface area contributed by atoms with Crippen molar-refractivity contribution in [2.75, 3.05) is 0 Å². The summed E-state index contributed by atoms with van der Waals surface area (Å²) >= 11 is 0. The number of nitrogens with zero attached hydrogens (tertiary/aromatic N) is 3. The van der Waals surface area contributed by atoms with Crippen LogP contribution in [0.15, 0.2) is 46.9 Å². The first-order chi connectivity index (χ1) is 11.1. The molecule has 114 valence electrons. The van der Waals surface area contributed by atoms with E-state index in [2.05, 4.69) is 9.97 Å². The molecule has 0 spiro atoms. The van der Waals surface area contributed by atoms with Gasteiger partial charge in [0.1, 0.15) is 11.3 Å². The number of fused-ring (bicyclic) bond motifs is 2. The number of aromatic nitrogens is 3. The number of oxazole rings is 1. The Kier molecular flexibility index (Phi) is 2.90. The third-order valence-electron chi connectivity index (χ3n) is 3.87. The van der Waals surface area contributed by atoms with Crippen LogP contribution in [0.3, 0.4) is 0 Å². The van der Waals surface area contributed by atoms with Gasteiger partial charge in [-0.2, -0.15) is 0 Å². The van der Waals surface area contributed by atoms with Crippen molar-refractivity contribution in [3.63, 3.8) is 0 Å². The minimum Gasteiger partial charge on any atom is -0.478 e. The van der Waals surface area contributed by atoms with Crippen molar-refractivity contribution in [2.24, 2.45) is 7.05 Å². The second-order valence-electron chi connectivity index (χ2n) is 5.35. The topological polar surface area (TPSA) is 81.2 Å². The van der Waals surface area contributed by atoms with Crippen molar-refractivity contribution < 1.29 is 14.3 Å². The number of para-hydroxylation sites is 2. The standard InChI is InChI=1S/C17H13N3O3/c1-20-13-5-3-2-4-11(13)18-15(20)9-16-19-12-8-10(17(21)22)6-7-14(12)23-16/h2-8H,9H2,1H3,(H,21,22). The Balaban J connectivity index is 1.74. The number of aryl methyl sites for hydroxylation is 1. The number of carboxylic acids is 1. The molecule has 6 heteroatoms. The Labute approximate surface area is 131 Å². The van der Waals surface area contributed by atoms with Crippen LogP contribution in [-0.2, 0) is 13.5 Å². The van der Waals surface area contributed by atoms with Crippen LogP contribution in [0.2, 0.25) is 0 Å². The number of hydrogen-bond donors (Lipinski definition) is 1. The zero-order valence-electron chi connectivity index (χ0n) is 12.4. The highest BCUT2D eigenvalue weighted by molar-refractivity contribution is 5.91. The van der Waals surface area contributed by atoms with Crippen LogP contribution in [0.5, 0.6) is 0 Å². The van der Waals surface area contributed by atoms with Crippen LogP contribution in [0.1, 0.15) is 22.1 Å².